The first-order valence-corrected chi connectivity index (χ1v) is 8.10. The van der Waals surface area contributed by atoms with E-state index in [9.17, 15) is 0 Å². The summed E-state index contributed by atoms with van der Waals surface area (Å²) in [6.45, 7) is 6.90. The van der Waals surface area contributed by atoms with Crippen LogP contribution in [0.1, 0.15) is 48.9 Å². The number of hydrogen-bond acceptors (Lipinski definition) is 4. The van der Waals surface area contributed by atoms with Crippen molar-refractivity contribution in [3.63, 3.8) is 0 Å². The van der Waals surface area contributed by atoms with Crippen LogP contribution < -0.4 is 10.5 Å². The maximum Gasteiger partial charge on any atom is 0.128 e. The number of rotatable bonds is 7. The van der Waals surface area contributed by atoms with E-state index in [1.807, 2.05) is 13.1 Å². The van der Waals surface area contributed by atoms with Gasteiger partial charge in [0.2, 0.25) is 0 Å². The molecule has 0 bridgehead atoms. The van der Waals surface area contributed by atoms with Crippen LogP contribution in [0.5, 0.6) is 5.75 Å². The minimum atomic E-state index is 0.699. The summed E-state index contributed by atoms with van der Waals surface area (Å²) in [5, 5.41) is 0. The molecular formula is C17H29N3O. The smallest absolute Gasteiger partial charge is 0.128 e. The molecular weight excluding hydrogens is 262 g/mol. The molecule has 1 aromatic rings. The Morgan fingerprint density at radius 2 is 2.05 bits per heavy atom. The summed E-state index contributed by atoms with van der Waals surface area (Å²) in [6.07, 6.45) is 8.32. The Morgan fingerprint density at radius 1 is 1.33 bits per heavy atom. The highest BCUT2D eigenvalue weighted by molar-refractivity contribution is 5.41. The third kappa shape index (κ3) is 3.95. The molecule has 21 heavy (non-hydrogen) atoms. The Hall–Kier alpha value is -1.13. The average molecular weight is 291 g/mol. The van der Waals surface area contributed by atoms with Crippen LogP contribution in [0.2, 0.25) is 0 Å². The Kier molecular flexibility index (Phi) is 6.00. The zero-order valence-electron chi connectivity index (χ0n) is 13.7. The molecule has 1 fully saturated rings. The molecule has 2 N–H and O–H groups in total. The summed E-state index contributed by atoms with van der Waals surface area (Å²) in [5.41, 5.74) is 9.12. The number of hydrogen-bond donors (Lipinski definition) is 1. The van der Waals surface area contributed by atoms with E-state index in [1.165, 1.54) is 31.2 Å². The second-order valence-electron chi connectivity index (χ2n) is 6.10. The lowest BCUT2D eigenvalue weighted by molar-refractivity contribution is 0.185. The topological polar surface area (TPSA) is 51.4 Å². The molecule has 4 nitrogen and oxygen atoms in total. The SMILES string of the molecule is COc1c(C)cnc(CN(CCCN)C2CCCC2)c1C. The van der Waals surface area contributed by atoms with Crippen LogP contribution >= 0.6 is 0 Å². The van der Waals surface area contributed by atoms with E-state index in [0.29, 0.717) is 6.04 Å². The third-order valence-corrected chi connectivity index (χ3v) is 4.59. The maximum absolute atomic E-state index is 5.70. The molecule has 1 heterocycles. The Bertz CT molecular complexity index is 456. The van der Waals surface area contributed by atoms with Gasteiger partial charge in [-0.2, -0.15) is 0 Å². The Morgan fingerprint density at radius 3 is 2.67 bits per heavy atom. The molecule has 1 saturated carbocycles. The molecule has 0 amide bonds. The molecule has 118 valence electrons. The highest BCUT2D eigenvalue weighted by Gasteiger charge is 2.23. The van der Waals surface area contributed by atoms with Crippen molar-refractivity contribution in [3.8, 4) is 5.75 Å². The molecule has 1 aromatic heterocycles. The lowest BCUT2D eigenvalue weighted by Crippen LogP contribution is -2.35. The zero-order chi connectivity index (χ0) is 15.2. The van der Waals surface area contributed by atoms with E-state index >= 15 is 0 Å². The summed E-state index contributed by atoms with van der Waals surface area (Å²) in [4.78, 5) is 7.23. The fourth-order valence-corrected chi connectivity index (χ4v) is 3.38. The standard InChI is InChI=1S/C17H29N3O/c1-13-11-19-16(14(2)17(13)21-3)12-20(10-6-9-18)15-7-4-5-8-15/h11,15H,4-10,12,18H2,1-3H3. The number of aromatic nitrogens is 1. The Labute approximate surface area is 128 Å². The van der Waals surface area contributed by atoms with Crippen molar-refractivity contribution in [2.75, 3.05) is 20.2 Å². The van der Waals surface area contributed by atoms with Crippen LogP contribution in [-0.4, -0.2) is 36.1 Å². The Balaban J connectivity index is 2.15. The fourth-order valence-electron chi connectivity index (χ4n) is 3.38. The molecule has 4 heteroatoms. The van der Waals surface area contributed by atoms with Gasteiger partial charge in [0.25, 0.3) is 0 Å². The number of nitrogens with two attached hydrogens (primary N) is 1. The van der Waals surface area contributed by atoms with Gasteiger partial charge in [0.1, 0.15) is 5.75 Å². The number of ether oxygens (including phenoxy) is 1. The van der Waals surface area contributed by atoms with Crippen molar-refractivity contribution >= 4 is 0 Å². The summed E-state index contributed by atoms with van der Waals surface area (Å²) < 4.78 is 5.53. The molecule has 0 saturated heterocycles. The number of methoxy groups -OCH3 is 1. The van der Waals surface area contributed by atoms with Gasteiger partial charge >= 0.3 is 0 Å². The van der Waals surface area contributed by atoms with Crippen molar-refractivity contribution in [2.24, 2.45) is 5.73 Å². The van der Waals surface area contributed by atoms with Crippen molar-refractivity contribution in [2.45, 2.75) is 58.5 Å². The number of aryl methyl sites for hydroxylation is 1. The van der Waals surface area contributed by atoms with Crippen LogP contribution in [0.25, 0.3) is 0 Å². The molecule has 0 radical (unpaired) electrons. The summed E-state index contributed by atoms with van der Waals surface area (Å²) >= 11 is 0. The predicted octanol–water partition coefficient (Wildman–Crippen LogP) is 2.80. The quantitative estimate of drug-likeness (QED) is 0.839. The first-order valence-electron chi connectivity index (χ1n) is 8.10. The summed E-state index contributed by atoms with van der Waals surface area (Å²) in [5.74, 6) is 0.977. The molecule has 2 rings (SSSR count). The number of pyridine rings is 1. The average Bonchev–Trinajstić information content (AvgIpc) is 3.00. The van der Waals surface area contributed by atoms with Crippen molar-refractivity contribution in [3.05, 3.63) is 23.0 Å². The molecule has 0 aliphatic heterocycles. The van der Waals surface area contributed by atoms with Crippen molar-refractivity contribution in [1.82, 2.24) is 9.88 Å². The largest absolute Gasteiger partial charge is 0.496 e. The lowest BCUT2D eigenvalue weighted by Gasteiger charge is -2.29. The minimum Gasteiger partial charge on any atom is -0.496 e. The van der Waals surface area contributed by atoms with Gasteiger partial charge in [-0.15, -0.1) is 0 Å². The second-order valence-corrected chi connectivity index (χ2v) is 6.10. The predicted molar refractivity (Wildman–Crippen MR) is 86.6 cm³/mol. The number of nitrogens with zero attached hydrogens (tertiary/aromatic N) is 2. The van der Waals surface area contributed by atoms with Crippen molar-refractivity contribution in [1.29, 1.82) is 0 Å². The van der Waals surface area contributed by atoms with Crippen LogP contribution in [0.4, 0.5) is 0 Å². The van der Waals surface area contributed by atoms with Gasteiger partial charge in [-0.3, -0.25) is 9.88 Å². The van der Waals surface area contributed by atoms with Gasteiger partial charge in [-0.25, -0.2) is 0 Å². The summed E-state index contributed by atoms with van der Waals surface area (Å²) in [7, 11) is 1.74. The van der Waals surface area contributed by atoms with E-state index in [4.69, 9.17) is 10.5 Å². The van der Waals surface area contributed by atoms with E-state index in [2.05, 4.69) is 16.8 Å². The third-order valence-electron chi connectivity index (χ3n) is 4.59. The highest BCUT2D eigenvalue weighted by atomic mass is 16.5. The van der Waals surface area contributed by atoms with E-state index in [-0.39, 0.29) is 0 Å². The molecule has 1 aliphatic carbocycles. The van der Waals surface area contributed by atoms with Crippen LogP contribution in [-0.2, 0) is 6.54 Å². The fraction of sp³-hybridized carbons (Fsp3) is 0.706. The second kappa shape index (κ2) is 7.76. The van der Waals surface area contributed by atoms with Gasteiger partial charge in [-0.1, -0.05) is 12.8 Å². The highest BCUT2D eigenvalue weighted by Crippen LogP contribution is 2.28. The normalized spacial score (nSPS) is 15.9. The zero-order valence-corrected chi connectivity index (χ0v) is 13.7. The van der Waals surface area contributed by atoms with Crippen molar-refractivity contribution < 1.29 is 4.74 Å². The van der Waals surface area contributed by atoms with E-state index in [1.54, 1.807) is 7.11 Å². The van der Waals surface area contributed by atoms with Gasteiger partial charge < -0.3 is 10.5 Å². The van der Waals surface area contributed by atoms with Crippen LogP contribution in [0.3, 0.4) is 0 Å². The molecule has 0 atom stereocenters. The molecule has 0 unspecified atom stereocenters. The van der Waals surface area contributed by atoms with Crippen LogP contribution in [0.15, 0.2) is 6.20 Å². The van der Waals surface area contributed by atoms with E-state index < -0.39 is 0 Å². The van der Waals surface area contributed by atoms with Crippen LogP contribution in [0, 0.1) is 13.8 Å². The van der Waals surface area contributed by atoms with E-state index in [0.717, 1.165) is 43.1 Å². The minimum absolute atomic E-state index is 0.699. The lowest BCUT2D eigenvalue weighted by atomic mass is 10.1. The first-order chi connectivity index (χ1) is 10.2. The molecule has 1 aliphatic rings. The van der Waals surface area contributed by atoms with Gasteiger partial charge in [0.05, 0.1) is 12.8 Å². The molecule has 0 aromatic carbocycles. The molecule has 0 spiro atoms. The first kappa shape index (κ1) is 16.2. The van der Waals surface area contributed by atoms with Gasteiger partial charge in [-0.05, 0) is 39.7 Å². The monoisotopic (exact) mass is 291 g/mol. The maximum atomic E-state index is 5.70. The van der Waals surface area contributed by atoms with Gasteiger partial charge in [0, 0.05) is 36.5 Å². The summed E-state index contributed by atoms with van der Waals surface area (Å²) in [6, 6.07) is 0.699. The van der Waals surface area contributed by atoms with Gasteiger partial charge in [0.15, 0.2) is 0 Å².